The van der Waals surface area contributed by atoms with Crippen molar-refractivity contribution in [2.45, 2.75) is 19.9 Å². The Morgan fingerprint density at radius 1 is 1.37 bits per heavy atom. The predicted molar refractivity (Wildman–Crippen MR) is 72.7 cm³/mol. The molecule has 1 aromatic carbocycles. The number of nitrogens with one attached hydrogen (secondary N) is 2. The van der Waals surface area contributed by atoms with Crippen LogP contribution in [0.15, 0.2) is 24.3 Å². The Bertz CT molecular complexity index is 503. The second-order valence-electron chi connectivity index (χ2n) is 4.29. The lowest BCUT2D eigenvalue weighted by Crippen LogP contribution is -2.40. The van der Waals surface area contributed by atoms with Crippen LogP contribution in [0.1, 0.15) is 13.8 Å². The van der Waals surface area contributed by atoms with Gasteiger partial charge in [0, 0.05) is 17.8 Å². The molecule has 0 bridgehead atoms. The Balaban J connectivity index is 2.62. The first kappa shape index (κ1) is 14.5. The van der Waals surface area contributed by atoms with Crippen molar-refractivity contribution >= 4 is 17.4 Å². The van der Waals surface area contributed by atoms with E-state index in [9.17, 15) is 14.9 Å². The molecule has 0 aliphatic rings. The lowest BCUT2D eigenvalue weighted by atomic mass is 10.1. The van der Waals surface area contributed by atoms with E-state index in [1.54, 1.807) is 0 Å². The van der Waals surface area contributed by atoms with E-state index in [1.807, 2.05) is 13.8 Å². The Hall–Kier alpha value is -2.55. The van der Waals surface area contributed by atoms with Gasteiger partial charge in [-0.1, -0.05) is 19.8 Å². The van der Waals surface area contributed by atoms with Crippen LogP contribution in [-0.4, -0.2) is 17.0 Å². The molecule has 0 aromatic heterocycles. The fraction of sp³-hybridized carbons (Fsp3) is 0.308. The summed E-state index contributed by atoms with van der Waals surface area (Å²) in [6.07, 6.45) is 5.30. The standard InChI is InChI=1S/C13H15N3O3/c1-4-12(9(2)3)15-13(17)14-10-5-7-11(8-6-10)16(18)19/h1,5-9,12H,2-3H3,(H2,14,15,17). The lowest BCUT2D eigenvalue weighted by Gasteiger charge is -2.16. The summed E-state index contributed by atoms with van der Waals surface area (Å²) < 4.78 is 0. The van der Waals surface area contributed by atoms with E-state index in [0.717, 1.165) is 0 Å². The zero-order valence-electron chi connectivity index (χ0n) is 10.7. The quantitative estimate of drug-likeness (QED) is 0.495. The number of urea groups is 1. The average Bonchev–Trinajstić information content (AvgIpc) is 2.36. The molecule has 6 nitrogen and oxygen atoms in total. The fourth-order valence-corrected chi connectivity index (χ4v) is 1.38. The van der Waals surface area contributed by atoms with Gasteiger partial charge >= 0.3 is 6.03 Å². The van der Waals surface area contributed by atoms with E-state index in [1.165, 1.54) is 24.3 Å². The molecule has 0 aliphatic carbocycles. The molecule has 0 spiro atoms. The maximum atomic E-state index is 11.7. The highest BCUT2D eigenvalue weighted by atomic mass is 16.6. The van der Waals surface area contributed by atoms with E-state index in [-0.39, 0.29) is 17.6 Å². The van der Waals surface area contributed by atoms with E-state index in [4.69, 9.17) is 6.42 Å². The Labute approximate surface area is 111 Å². The van der Waals surface area contributed by atoms with Gasteiger partial charge < -0.3 is 10.6 Å². The number of nitrogens with zero attached hydrogens (tertiary/aromatic N) is 1. The Kier molecular flexibility index (Phi) is 4.89. The number of amides is 2. The average molecular weight is 261 g/mol. The van der Waals surface area contributed by atoms with Gasteiger partial charge in [0.05, 0.1) is 11.0 Å². The van der Waals surface area contributed by atoms with Crippen molar-refractivity contribution < 1.29 is 9.72 Å². The van der Waals surface area contributed by atoms with Crippen molar-refractivity contribution in [3.8, 4) is 12.3 Å². The van der Waals surface area contributed by atoms with Crippen LogP contribution < -0.4 is 10.6 Å². The van der Waals surface area contributed by atoms with Gasteiger partial charge in [-0.15, -0.1) is 6.42 Å². The van der Waals surface area contributed by atoms with E-state index < -0.39 is 11.0 Å². The van der Waals surface area contributed by atoms with Gasteiger partial charge in [0.1, 0.15) is 0 Å². The van der Waals surface area contributed by atoms with Gasteiger partial charge in [-0.3, -0.25) is 10.1 Å². The largest absolute Gasteiger partial charge is 0.324 e. The minimum absolute atomic E-state index is 0.0327. The number of terminal acetylenes is 1. The summed E-state index contributed by atoms with van der Waals surface area (Å²) in [7, 11) is 0. The molecular weight excluding hydrogens is 246 g/mol. The maximum absolute atomic E-state index is 11.7. The number of nitro groups is 1. The monoisotopic (exact) mass is 261 g/mol. The van der Waals surface area contributed by atoms with Crippen LogP contribution in [0.3, 0.4) is 0 Å². The topological polar surface area (TPSA) is 84.3 Å². The van der Waals surface area contributed by atoms with Crippen LogP contribution in [0.5, 0.6) is 0 Å². The molecule has 2 N–H and O–H groups in total. The van der Waals surface area contributed by atoms with Crippen molar-refractivity contribution in [2.24, 2.45) is 5.92 Å². The van der Waals surface area contributed by atoms with Crippen molar-refractivity contribution in [3.63, 3.8) is 0 Å². The number of rotatable bonds is 4. The third kappa shape index (κ3) is 4.32. The first-order valence-electron chi connectivity index (χ1n) is 5.72. The van der Waals surface area contributed by atoms with Crippen LogP contribution in [0.25, 0.3) is 0 Å². The number of hydrogen-bond donors (Lipinski definition) is 2. The molecule has 6 heteroatoms. The summed E-state index contributed by atoms with van der Waals surface area (Å²) in [4.78, 5) is 21.6. The smallest absolute Gasteiger partial charge is 0.320 e. The van der Waals surface area contributed by atoms with Crippen molar-refractivity contribution in [1.82, 2.24) is 5.32 Å². The van der Waals surface area contributed by atoms with Gasteiger partial charge in [-0.25, -0.2) is 4.79 Å². The molecule has 19 heavy (non-hydrogen) atoms. The number of anilines is 1. The predicted octanol–water partition coefficient (Wildman–Crippen LogP) is 2.37. The van der Waals surface area contributed by atoms with E-state index in [0.29, 0.717) is 5.69 Å². The number of nitro benzene ring substituents is 1. The summed E-state index contributed by atoms with van der Waals surface area (Å²) in [6, 6.07) is 4.74. The SMILES string of the molecule is C#CC(NC(=O)Nc1ccc([N+](=O)[O-])cc1)C(C)C. The zero-order valence-corrected chi connectivity index (χ0v) is 10.7. The molecule has 0 saturated carbocycles. The molecule has 1 unspecified atom stereocenters. The number of hydrogen-bond acceptors (Lipinski definition) is 3. The Morgan fingerprint density at radius 2 is 1.95 bits per heavy atom. The highest BCUT2D eigenvalue weighted by Crippen LogP contribution is 2.15. The summed E-state index contributed by atoms with van der Waals surface area (Å²) in [5, 5.41) is 15.7. The molecule has 0 radical (unpaired) electrons. The highest BCUT2D eigenvalue weighted by Gasteiger charge is 2.13. The molecule has 2 amide bonds. The third-order valence-electron chi connectivity index (χ3n) is 2.47. The third-order valence-corrected chi connectivity index (χ3v) is 2.47. The number of carbonyl (C=O) groups is 1. The van der Waals surface area contributed by atoms with Crippen LogP contribution in [-0.2, 0) is 0 Å². The summed E-state index contributed by atoms with van der Waals surface area (Å²) in [5.41, 5.74) is 0.428. The Morgan fingerprint density at radius 3 is 2.37 bits per heavy atom. The van der Waals surface area contributed by atoms with E-state index >= 15 is 0 Å². The van der Waals surface area contributed by atoms with Gasteiger partial charge in [0.15, 0.2) is 0 Å². The van der Waals surface area contributed by atoms with Crippen molar-refractivity contribution in [3.05, 3.63) is 34.4 Å². The summed E-state index contributed by atoms with van der Waals surface area (Å²) >= 11 is 0. The van der Waals surface area contributed by atoms with Crippen LogP contribution in [0, 0.1) is 28.4 Å². The molecule has 1 aromatic rings. The van der Waals surface area contributed by atoms with Crippen LogP contribution >= 0.6 is 0 Å². The molecule has 0 fully saturated rings. The zero-order chi connectivity index (χ0) is 14.4. The normalized spacial score (nSPS) is 11.5. The number of carbonyl (C=O) groups excluding carboxylic acids is 1. The molecule has 1 atom stereocenters. The molecule has 100 valence electrons. The molecule has 0 aliphatic heterocycles. The summed E-state index contributed by atoms with van der Waals surface area (Å²) in [6.45, 7) is 3.80. The van der Waals surface area contributed by atoms with Crippen LogP contribution in [0.4, 0.5) is 16.2 Å². The first-order chi connectivity index (χ1) is 8.93. The molecule has 1 rings (SSSR count). The van der Waals surface area contributed by atoms with Gasteiger partial charge in [0.25, 0.3) is 5.69 Å². The van der Waals surface area contributed by atoms with E-state index in [2.05, 4.69) is 16.6 Å². The number of non-ortho nitro benzene ring substituents is 1. The van der Waals surface area contributed by atoms with Gasteiger partial charge in [0.2, 0.25) is 0 Å². The second-order valence-corrected chi connectivity index (χ2v) is 4.29. The molecule has 0 saturated heterocycles. The molecular formula is C13H15N3O3. The lowest BCUT2D eigenvalue weighted by molar-refractivity contribution is -0.384. The fourth-order valence-electron chi connectivity index (χ4n) is 1.38. The van der Waals surface area contributed by atoms with Crippen LogP contribution in [0.2, 0.25) is 0 Å². The first-order valence-corrected chi connectivity index (χ1v) is 5.72. The minimum atomic E-state index is -0.503. The van der Waals surface area contributed by atoms with Gasteiger partial charge in [-0.05, 0) is 18.1 Å². The summed E-state index contributed by atoms with van der Waals surface area (Å²) in [5.74, 6) is 2.60. The van der Waals surface area contributed by atoms with Crippen molar-refractivity contribution in [1.29, 1.82) is 0 Å². The second kappa shape index (κ2) is 6.40. The maximum Gasteiger partial charge on any atom is 0.320 e. The van der Waals surface area contributed by atoms with Crippen molar-refractivity contribution in [2.75, 3.05) is 5.32 Å². The molecule has 0 heterocycles. The van der Waals surface area contributed by atoms with Gasteiger partial charge in [-0.2, -0.15) is 0 Å². The number of benzene rings is 1. The minimum Gasteiger partial charge on any atom is -0.324 e. The highest BCUT2D eigenvalue weighted by molar-refractivity contribution is 5.89.